The van der Waals surface area contributed by atoms with E-state index in [-0.39, 0.29) is 31.4 Å². The molecule has 5 aliphatic rings. The molecule has 316 valence electrons. The molecule has 8 rings (SSSR count). The van der Waals surface area contributed by atoms with Crippen molar-refractivity contribution >= 4 is 56.2 Å². The van der Waals surface area contributed by atoms with Gasteiger partial charge in [0.1, 0.15) is 35.5 Å². The Labute approximate surface area is 346 Å². The molecule has 1 aromatic carbocycles. The van der Waals surface area contributed by atoms with Crippen molar-refractivity contribution in [3.05, 3.63) is 41.8 Å². The number of nitrogens with zero attached hydrogens (tertiary/aromatic N) is 3. The van der Waals surface area contributed by atoms with Gasteiger partial charge in [0.25, 0.3) is 5.91 Å². The number of methoxy groups -OCH3 is 2. The van der Waals surface area contributed by atoms with Crippen LogP contribution in [-0.4, -0.2) is 103 Å². The highest BCUT2D eigenvalue weighted by molar-refractivity contribution is 7.91. The van der Waals surface area contributed by atoms with E-state index in [1.165, 1.54) is 30.5 Å². The SMILES string of the molecule is COc1cc2nc(O[C@@H]3C[C@H]4C(=O)N[C@]5(C(=O)NS(=O)(=O)C6CC6)C[C@H]5/C=C\CCCCC[C@H](NC(=O)OC5CCCC5)C(=O)N4C3)c(-c3cccs3)nc2cc1OC. The molecule has 18 heteroatoms. The predicted molar refractivity (Wildman–Crippen MR) is 217 cm³/mol. The van der Waals surface area contributed by atoms with Gasteiger partial charge in [0.05, 0.1) is 41.9 Å². The van der Waals surface area contributed by atoms with Gasteiger partial charge in [0.15, 0.2) is 11.5 Å². The number of ether oxygens (including phenoxy) is 4. The molecule has 5 atom stereocenters. The Morgan fingerprint density at radius 3 is 2.37 bits per heavy atom. The van der Waals surface area contributed by atoms with Crippen molar-refractivity contribution in [1.82, 2.24) is 30.2 Å². The number of aromatic nitrogens is 2. The van der Waals surface area contributed by atoms with E-state index in [0.717, 1.165) is 43.4 Å². The standard InChI is InChI=1S/C41H50N6O10S2/c1-54-32-20-29-30(21-33(32)55-2)43-37(35(42-29)34-15-10-18-58-34)56-26-19-31-36(48)45-41(39(50)46-59(52,53)27-16-17-27)22-24(41)11-6-4-3-5-7-14-28(38(49)47(31)23-26)44-40(51)57-25-12-8-9-13-25/h6,10-11,15,18,20-21,24-28,31H,3-5,7-9,12-14,16-17,19,22-23H2,1-2H3,(H,44,51)(H,45,48)(H,46,50)/b11-6-/t24-,26-,28+,31+,41-/m1/s1. The van der Waals surface area contributed by atoms with Crippen molar-refractivity contribution in [3.63, 3.8) is 0 Å². The Bertz CT molecular complexity index is 2230. The number of fused-ring (bicyclic) bond motifs is 3. The lowest BCUT2D eigenvalue weighted by Gasteiger charge is -2.30. The first kappa shape index (κ1) is 40.8. The third-order valence-electron chi connectivity index (χ3n) is 11.9. The Kier molecular flexibility index (Phi) is 11.7. The molecule has 16 nitrogen and oxygen atoms in total. The number of alkyl carbamates (subject to hydrolysis) is 1. The normalized spacial score (nSPS) is 27.1. The molecule has 0 bridgehead atoms. The van der Waals surface area contributed by atoms with Gasteiger partial charge in [-0.3, -0.25) is 19.1 Å². The molecule has 4 heterocycles. The molecule has 2 aromatic heterocycles. The van der Waals surface area contributed by atoms with Gasteiger partial charge in [0, 0.05) is 24.5 Å². The van der Waals surface area contributed by atoms with Crippen molar-refractivity contribution < 1.29 is 46.5 Å². The fourth-order valence-electron chi connectivity index (χ4n) is 8.36. The zero-order valence-corrected chi connectivity index (χ0v) is 34.8. The smallest absolute Gasteiger partial charge is 0.408 e. The predicted octanol–water partition coefficient (Wildman–Crippen LogP) is 4.76. The number of rotatable bonds is 10. The van der Waals surface area contributed by atoms with Crippen LogP contribution in [0, 0.1) is 5.92 Å². The van der Waals surface area contributed by atoms with Crippen LogP contribution >= 0.6 is 11.3 Å². The summed E-state index contributed by atoms with van der Waals surface area (Å²) in [5.74, 6) is -1.27. The second kappa shape index (κ2) is 17.0. The summed E-state index contributed by atoms with van der Waals surface area (Å²) in [6, 6.07) is 5.04. The number of carbonyl (C=O) groups excluding carboxylic acids is 4. The molecular weight excluding hydrogens is 801 g/mol. The van der Waals surface area contributed by atoms with Gasteiger partial charge < -0.3 is 34.5 Å². The first-order valence-corrected chi connectivity index (χ1v) is 22.9. The molecule has 2 aliphatic heterocycles. The van der Waals surface area contributed by atoms with Crippen LogP contribution < -0.4 is 29.6 Å². The molecule has 1 saturated heterocycles. The minimum atomic E-state index is -3.91. The number of benzene rings is 1. The summed E-state index contributed by atoms with van der Waals surface area (Å²) in [7, 11) is -0.859. The Balaban J connectivity index is 1.12. The largest absolute Gasteiger partial charge is 0.493 e. The lowest BCUT2D eigenvalue weighted by atomic mass is 10.0. The van der Waals surface area contributed by atoms with Crippen LogP contribution in [0.1, 0.15) is 83.5 Å². The minimum absolute atomic E-state index is 0.00488. The lowest BCUT2D eigenvalue weighted by Crippen LogP contribution is -2.58. The Morgan fingerprint density at radius 1 is 0.949 bits per heavy atom. The van der Waals surface area contributed by atoms with Crippen molar-refractivity contribution in [2.45, 2.75) is 119 Å². The molecule has 3 N–H and O–H groups in total. The molecule has 59 heavy (non-hydrogen) atoms. The highest BCUT2D eigenvalue weighted by atomic mass is 32.2. The third kappa shape index (κ3) is 8.83. The number of nitrogens with one attached hydrogen (secondary N) is 3. The van der Waals surface area contributed by atoms with E-state index in [9.17, 15) is 27.6 Å². The van der Waals surface area contributed by atoms with Crippen LogP contribution in [0.2, 0.25) is 0 Å². The van der Waals surface area contributed by atoms with Crippen LogP contribution in [0.5, 0.6) is 17.4 Å². The number of thiophene rings is 1. The number of hydrogen-bond acceptors (Lipinski definition) is 13. The number of sulfonamides is 1. The summed E-state index contributed by atoms with van der Waals surface area (Å²) in [5.41, 5.74) is -0.0748. The van der Waals surface area contributed by atoms with Crippen molar-refractivity contribution in [3.8, 4) is 28.0 Å². The molecule has 3 aliphatic carbocycles. The fraction of sp³-hybridized carbons (Fsp3) is 0.561. The van der Waals surface area contributed by atoms with E-state index >= 15 is 0 Å². The number of amides is 4. The van der Waals surface area contributed by atoms with Crippen LogP contribution in [0.15, 0.2) is 41.8 Å². The lowest BCUT2D eigenvalue weighted by molar-refractivity contribution is -0.141. The summed E-state index contributed by atoms with van der Waals surface area (Å²) < 4.78 is 51.4. The van der Waals surface area contributed by atoms with Crippen LogP contribution in [0.4, 0.5) is 4.79 Å². The monoisotopic (exact) mass is 850 g/mol. The Hall–Kier alpha value is -4.97. The van der Waals surface area contributed by atoms with Gasteiger partial charge in [-0.1, -0.05) is 31.1 Å². The summed E-state index contributed by atoms with van der Waals surface area (Å²) in [5, 5.41) is 6.99. The van der Waals surface area contributed by atoms with Crippen molar-refractivity contribution in [2.75, 3.05) is 20.8 Å². The van der Waals surface area contributed by atoms with E-state index in [1.807, 2.05) is 29.7 Å². The van der Waals surface area contributed by atoms with Gasteiger partial charge in [-0.25, -0.2) is 23.2 Å². The maximum atomic E-state index is 14.7. The number of carbonyl (C=O) groups is 4. The van der Waals surface area contributed by atoms with Crippen LogP contribution in [0.3, 0.4) is 0 Å². The number of allylic oxidation sites excluding steroid dienone is 1. The molecule has 4 fully saturated rings. The molecule has 3 saturated carbocycles. The molecule has 4 amide bonds. The molecular formula is C41H50N6O10S2. The molecule has 3 aromatic rings. The highest BCUT2D eigenvalue weighted by Crippen LogP contribution is 2.46. The van der Waals surface area contributed by atoms with E-state index < -0.39 is 68.7 Å². The zero-order valence-electron chi connectivity index (χ0n) is 33.1. The average Bonchev–Trinajstić information content (AvgIpc) is 3.95. The Morgan fingerprint density at radius 2 is 1.68 bits per heavy atom. The summed E-state index contributed by atoms with van der Waals surface area (Å²) in [4.78, 5) is 68.3. The quantitative estimate of drug-likeness (QED) is 0.236. The summed E-state index contributed by atoms with van der Waals surface area (Å²) in [6.07, 6.45) is 9.90. The topological polar surface area (TPSA) is 204 Å². The van der Waals surface area contributed by atoms with E-state index in [0.29, 0.717) is 60.3 Å². The van der Waals surface area contributed by atoms with Crippen molar-refractivity contribution in [2.24, 2.45) is 5.92 Å². The van der Waals surface area contributed by atoms with Gasteiger partial charge in [-0.15, -0.1) is 11.3 Å². The van der Waals surface area contributed by atoms with Gasteiger partial charge in [-0.2, -0.15) is 0 Å². The second-order valence-corrected chi connectivity index (χ2v) is 19.0. The van der Waals surface area contributed by atoms with Gasteiger partial charge in [0.2, 0.25) is 27.7 Å². The van der Waals surface area contributed by atoms with E-state index in [2.05, 4.69) is 15.4 Å². The molecule has 0 spiro atoms. The first-order chi connectivity index (χ1) is 28.5. The first-order valence-electron chi connectivity index (χ1n) is 20.4. The maximum absolute atomic E-state index is 14.7. The molecule has 0 radical (unpaired) electrons. The minimum Gasteiger partial charge on any atom is -0.493 e. The average molecular weight is 851 g/mol. The number of hydrogen-bond donors (Lipinski definition) is 3. The van der Waals surface area contributed by atoms with E-state index in [1.54, 1.807) is 12.1 Å². The fourth-order valence-corrected chi connectivity index (χ4v) is 10.4. The maximum Gasteiger partial charge on any atom is 0.408 e. The van der Waals surface area contributed by atoms with Crippen molar-refractivity contribution in [1.29, 1.82) is 0 Å². The van der Waals surface area contributed by atoms with Crippen LogP contribution in [0.25, 0.3) is 21.6 Å². The van der Waals surface area contributed by atoms with E-state index in [4.69, 9.17) is 28.9 Å². The third-order valence-corrected chi connectivity index (χ3v) is 14.6. The van der Waals surface area contributed by atoms with Gasteiger partial charge >= 0.3 is 6.09 Å². The van der Waals surface area contributed by atoms with Crippen LogP contribution in [-0.2, 0) is 29.1 Å². The highest BCUT2D eigenvalue weighted by Gasteiger charge is 2.62. The zero-order chi connectivity index (χ0) is 41.3. The summed E-state index contributed by atoms with van der Waals surface area (Å²) >= 11 is 1.44. The second-order valence-electron chi connectivity index (χ2n) is 16.1. The molecule has 0 unspecified atom stereocenters. The van der Waals surface area contributed by atoms with Gasteiger partial charge in [-0.05, 0) is 75.7 Å². The summed E-state index contributed by atoms with van der Waals surface area (Å²) in [6.45, 7) is -0.0547.